The van der Waals surface area contributed by atoms with E-state index in [4.69, 9.17) is 5.11 Å². The highest BCUT2D eigenvalue weighted by Gasteiger charge is 2.24. The van der Waals surface area contributed by atoms with Crippen molar-refractivity contribution in [3.05, 3.63) is 0 Å². The van der Waals surface area contributed by atoms with Gasteiger partial charge in [-0.25, -0.2) is 8.42 Å². The molecule has 0 aromatic heterocycles. The normalized spacial score (nSPS) is 11.9. The lowest BCUT2D eigenvalue weighted by atomic mass is 10.3. The van der Waals surface area contributed by atoms with Crippen LogP contribution in [0.15, 0.2) is 0 Å². The number of carboxylic acid groups (broad SMARTS) is 1. The summed E-state index contributed by atoms with van der Waals surface area (Å²) in [4.78, 5) is 23.6. The van der Waals surface area contributed by atoms with Crippen LogP contribution < -0.4 is 0 Å². The summed E-state index contributed by atoms with van der Waals surface area (Å²) in [5, 5.41) is 8.70. The Bertz CT molecular complexity index is 404. The van der Waals surface area contributed by atoms with Gasteiger partial charge in [0.05, 0.1) is 12.3 Å². The maximum atomic E-state index is 11.8. The van der Waals surface area contributed by atoms with Crippen LogP contribution in [0.2, 0.25) is 0 Å². The molecule has 0 bridgehead atoms. The molecule has 0 unspecified atom stereocenters. The Morgan fingerprint density at radius 3 is 2.06 bits per heavy atom. The first-order valence-electron chi connectivity index (χ1n) is 5.57. The zero-order chi connectivity index (χ0) is 14.5. The van der Waals surface area contributed by atoms with Gasteiger partial charge in [-0.15, -0.1) is 0 Å². The lowest BCUT2D eigenvalue weighted by molar-refractivity contribution is -0.145. The van der Waals surface area contributed by atoms with Gasteiger partial charge in [0.25, 0.3) is 0 Å². The molecule has 0 aromatic rings. The van der Waals surface area contributed by atoms with E-state index in [1.165, 1.54) is 14.0 Å². The molecule has 8 heteroatoms. The molecule has 0 fully saturated rings. The molecule has 0 saturated heterocycles. The van der Waals surface area contributed by atoms with Gasteiger partial charge in [0.1, 0.15) is 6.54 Å². The summed E-state index contributed by atoms with van der Waals surface area (Å²) in [6, 6.07) is -0.300. The number of carbonyl (C=O) groups excluding carboxylic acids is 1. The highest BCUT2D eigenvalue weighted by Crippen LogP contribution is 2.03. The molecule has 1 amide bonds. The average Bonchev–Trinajstić information content (AvgIpc) is 2.24. The summed E-state index contributed by atoms with van der Waals surface area (Å²) in [7, 11) is -2.14. The fourth-order valence-corrected chi connectivity index (χ4v) is 2.05. The summed E-state index contributed by atoms with van der Waals surface area (Å²) < 4.78 is 23.9. The predicted octanol–water partition coefficient (Wildman–Crippen LogP) is -0.410. The number of amides is 1. The first-order chi connectivity index (χ1) is 8.11. The number of likely N-dealkylation sites (N-methyl/N-ethyl adjacent to an activating group) is 1. The van der Waals surface area contributed by atoms with Crippen LogP contribution in [0, 0.1) is 0 Å². The average molecular weight is 280 g/mol. The molecule has 106 valence electrons. The predicted molar refractivity (Wildman–Crippen MR) is 66.6 cm³/mol. The minimum atomic E-state index is -3.44. The number of carboxylic acids is 1. The molecule has 0 heterocycles. The fourth-order valence-electron chi connectivity index (χ4n) is 1.30. The molecule has 18 heavy (non-hydrogen) atoms. The van der Waals surface area contributed by atoms with Gasteiger partial charge in [-0.3, -0.25) is 9.59 Å². The highest BCUT2D eigenvalue weighted by molar-refractivity contribution is 7.89. The van der Waals surface area contributed by atoms with Crippen molar-refractivity contribution in [3.63, 3.8) is 0 Å². The zero-order valence-corrected chi connectivity index (χ0v) is 11.9. The van der Waals surface area contributed by atoms with Gasteiger partial charge in [0.2, 0.25) is 15.9 Å². The fraction of sp³-hybridized carbons (Fsp3) is 0.800. The van der Waals surface area contributed by atoms with E-state index in [2.05, 4.69) is 0 Å². The highest BCUT2D eigenvalue weighted by atomic mass is 32.2. The maximum absolute atomic E-state index is 11.8. The van der Waals surface area contributed by atoms with Crippen LogP contribution in [0.25, 0.3) is 0 Å². The Kier molecular flexibility index (Phi) is 6.27. The maximum Gasteiger partial charge on any atom is 0.323 e. The lowest BCUT2D eigenvalue weighted by Crippen LogP contribution is -2.46. The molecule has 0 aliphatic heterocycles. The summed E-state index contributed by atoms with van der Waals surface area (Å²) in [6.45, 7) is 4.05. The van der Waals surface area contributed by atoms with Crippen molar-refractivity contribution >= 4 is 21.9 Å². The Balaban J connectivity index is 4.77. The third kappa shape index (κ3) is 5.01. The number of hydrogen-bond acceptors (Lipinski definition) is 4. The van der Waals surface area contributed by atoms with E-state index in [0.29, 0.717) is 0 Å². The van der Waals surface area contributed by atoms with Gasteiger partial charge in [0, 0.05) is 13.1 Å². The van der Waals surface area contributed by atoms with Gasteiger partial charge in [-0.05, 0) is 20.8 Å². The Morgan fingerprint density at radius 1 is 1.22 bits per heavy atom. The Labute approximate surface area is 107 Å². The van der Waals surface area contributed by atoms with Crippen molar-refractivity contribution in [1.82, 2.24) is 9.21 Å². The number of hydrogen-bond donors (Lipinski definition) is 1. The Hall–Kier alpha value is -1.15. The van der Waals surface area contributed by atoms with Gasteiger partial charge < -0.3 is 10.0 Å². The molecule has 0 spiro atoms. The molecule has 0 radical (unpaired) electrons. The quantitative estimate of drug-likeness (QED) is 0.684. The van der Waals surface area contributed by atoms with E-state index in [9.17, 15) is 18.0 Å². The van der Waals surface area contributed by atoms with Gasteiger partial charge in [0.15, 0.2) is 0 Å². The standard InChI is InChI=1S/C10H20N2O5S/c1-5-18(16,17)11(4)6-9(13)12(8(2)3)7-10(14)15/h8H,5-7H2,1-4H3,(H,14,15). The van der Waals surface area contributed by atoms with Crippen molar-refractivity contribution in [2.45, 2.75) is 26.8 Å². The second-order valence-electron chi connectivity index (χ2n) is 4.17. The van der Waals surface area contributed by atoms with Crippen LogP contribution in [0.3, 0.4) is 0 Å². The van der Waals surface area contributed by atoms with Gasteiger partial charge >= 0.3 is 5.97 Å². The van der Waals surface area contributed by atoms with Crippen LogP contribution >= 0.6 is 0 Å². The summed E-state index contributed by atoms with van der Waals surface area (Å²) in [5.74, 6) is -1.75. The second kappa shape index (κ2) is 6.69. The summed E-state index contributed by atoms with van der Waals surface area (Å²) in [6.07, 6.45) is 0. The lowest BCUT2D eigenvalue weighted by Gasteiger charge is -2.27. The van der Waals surface area contributed by atoms with Crippen LogP contribution in [0.1, 0.15) is 20.8 Å². The van der Waals surface area contributed by atoms with Crippen LogP contribution in [0.4, 0.5) is 0 Å². The molecule has 7 nitrogen and oxygen atoms in total. The first kappa shape index (κ1) is 16.9. The van der Waals surface area contributed by atoms with E-state index in [-0.39, 0.29) is 18.3 Å². The SMILES string of the molecule is CCS(=O)(=O)N(C)CC(=O)N(CC(=O)O)C(C)C. The molecule has 0 aromatic carbocycles. The molecule has 1 N–H and O–H groups in total. The van der Waals surface area contributed by atoms with Gasteiger partial charge in [-0.2, -0.15) is 4.31 Å². The van der Waals surface area contributed by atoms with E-state index in [1.54, 1.807) is 13.8 Å². The van der Waals surface area contributed by atoms with Crippen molar-refractivity contribution in [2.24, 2.45) is 0 Å². The van der Waals surface area contributed by atoms with Crippen LogP contribution in [0.5, 0.6) is 0 Å². The van der Waals surface area contributed by atoms with Crippen LogP contribution in [-0.4, -0.2) is 66.5 Å². The molecular weight excluding hydrogens is 260 g/mol. The monoisotopic (exact) mass is 280 g/mol. The Morgan fingerprint density at radius 2 is 1.72 bits per heavy atom. The second-order valence-corrected chi connectivity index (χ2v) is 6.53. The third-order valence-corrected chi connectivity index (χ3v) is 4.26. The zero-order valence-electron chi connectivity index (χ0n) is 11.1. The minimum Gasteiger partial charge on any atom is -0.480 e. The van der Waals surface area contributed by atoms with Crippen molar-refractivity contribution in [3.8, 4) is 0 Å². The van der Waals surface area contributed by atoms with Crippen molar-refractivity contribution < 1.29 is 23.1 Å². The topological polar surface area (TPSA) is 95.0 Å². The molecule has 0 atom stereocenters. The van der Waals surface area contributed by atoms with Gasteiger partial charge in [-0.1, -0.05) is 0 Å². The summed E-state index contributed by atoms with van der Waals surface area (Å²) in [5.41, 5.74) is 0. The van der Waals surface area contributed by atoms with E-state index in [0.717, 1.165) is 9.21 Å². The number of sulfonamides is 1. The minimum absolute atomic E-state index is 0.0998. The van der Waals surface area contributed by atoms with E-state index >= 15 is 0 Å². The third-order valence-electron chi connectivity index (χ3n) is 2.45. The summed E-state index contributed by atoms with van der Waals surface area (Å²) >= 11 is 0. The van der Waals surface area contributed by atoms with E-state index < -0.39 is 28.4 Å². The van der Waals surface area contributed by atoms with Crippen molar-refractivity contribution in [2.75, 3.05) is 25.9 Å². The van der Waals surface area contributed by atoms with E-state index in [1.807, 2.05) is 0 Å². The number of aliphatic carboxylic acids is 1. The van der Waals surface area contributed by atoms with Crippen LogP contribution in [-0.2, 0) is 19.6 Å². The number of rotatable bonds is 7. The molecule has 0 saturated carbocycles. The molecule has 0 aliphatic carbocycles. The number of nitrogens with zero attached hydrogens (tertiary/aromatic N) is 2. The number of carbonyl (C=O) groups is 2. The molecular formula is C10H20N2O5S. The smallest absolute Gasteiger partial charge is 0.323 e. The largest absolute Gasteiger partial charge is 0.480 e. The van der Waals surface area contributed by atoms with Crippen molar-refractivity contribution in [1.29, 1.82) is 0 Å². The molecule has 0 aliphatic rings. The first-order valence-corrected chi connectivity index (χ1v) is 7.18. The molecule has 0 rings (SSSR count).